The molecule has 0 fully saturated rings. The molecule has 4 heteroatoms. The molecule has 188 valence electrons. The van der Waals surface area contributed by atoms with E-state index in [1.807, 2.05) is 67.6 Å². The van der Waals surface area contributed by atoms with Crippen molar-refractivity contribution in [2.24, 2.45) is 0 Å². The lowest BCUT2D eigenvalue weighted by atomic mass is 10.0. The van der Waals surface area contributed by atoms with Gasteiger partial charge in [0.2, 0.25) is 0 Å². The van der Waals surface area contributed by atoms with Crippen LogP contribution < -0.4 is 9.47 Å². The van der Waals surface area contributed by atoms with E-state index in [9.17, 15) is 9.59 Å². The molecule has 4 aromatic rings. The maximum atomic E-state index is 12.8. The summed E-state index contributed by atoms with van der Waals surface area (Å²) in [5, 5.41) is 0. The molecule has 38 heavy (non-hydrogen) atoms. The number of Topliss-reactive ketones (excluding diaryl/α,β-unsaturated/α-hetero) is 2. The van der Waals surface area contributed by atoms with Crippen LogP contribution in [0.1, 0.15) is 38.8 Å². The lowest BCUT2D eigenvalue weighted by Crippen LogP contribution is -2.00. The molecule has 4 rings (SSSR count). The number of carbonyl (C=O) groups is 2. The SMILES string of the molecule is C=C(/C=C\C(=C)c1ccc(C(C)=O)cc1)C(=O)c1ccc(Oc2ccc(Oc3ccc(C)cc3)cc2)cc1. The number of hydrogen-bond acceptors (Lipinski definition) is 4. The molecular formula is C34H28O4. The fourth-order valence-corrected chi connectivity index (χ4v) is 3.61. The Morgan fingerprint density at radius 1 is 0.579 bits per heavy atom. The first-order chi connectivity index (χ1) is 18.3. The van der Waals surface area contributed by atoms with Crippen LogP contribution in [0.5, 0.6) is 23.0 Å². The van der Waals surface area contributed by atoms with Crippen LogP contribution >= 0.6 is 0 Å². The van der Waals surface area contributed by atoms with Gasteiger partial charge in [0.05, 0.1) is 0 Å². The molecule has 0 spiro atoms. The first-order valence-corrected chi connectivity index (χ1v) is 12.1. The molecule has 4 aromatic carbocycles. The highest BCUT2D eigenvalue weighted by atomic mass is 16.5. The minimum Gasteiger partial charge on any atom is -0.457 e. The third-order valence-electron chi connectivity index (χ3n) is 5.87. The minimum absolute atomic E-state index is 0.00879. The zero-order chi connectivity index (χ0) is 27.1. The predicted octanol–water partition coefficient (Wildman–Crippen LogP) is 8.79. The second kappa shape index (κ2) is 11.8. The molecule has 0 saturated heterocycles. The summed E-state index contributed by atoms with van der Waals surface area (Å²) in [5.74, 6) is 2.57. The number of allylic oxidation sites excluding steroid dienone is 4. The van der Waals surface area contributed by atoms with Gasteiger partial charge in [-0.15, -0.1) is 0 Å². The van der Waals surface area contributed by atoms with E-state index in [1.54, 1.807) is 48.6 Å². The molecule has 4 nitrogen and oxygen atoms in total. The standard InChI is InChI=1S/C34H28O4/c1-23-5-15-30(16-6-23)37-32-19-21-33(22-20-32)38-31-17-13-29(14-18-31)34(36)25(3)8-7-24(2)27-9-11-28(12-10-27)26(4)35/h5-22H,2-3H2,1,4H3/b8-7-. The van der Waals surface area contributed by atoms with Gasteiger partial charge < -0.3 is 9.47 Å². The van der Waals surface area contributed by atoms with Crippen LogP contribution in [0.15, 0.2) is 128 Å². The van der Waals surface area contributed by atoms with Gasteiger partial charge in [0.1, 0.15) is 23.0 Å². The van der Waals surface area contributed by atoms with Gasteiger partial charge in [0.25, 0.3) is 0 Å². The summed E-state index contributed by atoms with van der Waals surface area (Å²) in [4.78, 5) is 24.3. The van der Waals surface area contributed by atoms with Crippen molar-refractivity contribution < 1.29 is 19.1 Å². The number of rotatable bonds is 10. The Bertz CT molecular complexity index is 1490. The van der Waals surface area contributed by atoms with Gasteiger partial charge in [-0.2, -0.15) is 0 Å². The fraction of sp³-hybridized carbons (Fsp3) is 0.0588. The van der Waals surface area contributed by atoms with E-state index in [-0.39, 0.29) is 11.6 Å². The monoisotopic (exact) mass is 500 g/mol. The molecule has 0 amide bonds. The minimum atomic E-state index is -0.190. The molecule has 0 aliphatic rings. The van der Waals surface area contributed by atoms with Crippen molar-refractivity contribution in [2.75, 3.05) is 0 Å². The van der Waals surface area contributed by atoms with Gasteiger partial charge in [-0.3, -0.25) is 9.59 Å². The highest BCUT2D eigenvalue weighted by Gasteiger charge is 2.09. The van der Waals surface area contributed by atoms with Gasteiger partial charge in [0.15, 0.2) is 11.6 Å². The number of ketones is 2. The van der Waals surface area contributed by atoms with Crippen molar-refractivity contribution in [1.82, 2.24) is 0 Å². The maximum absolute atomic E-state index is 12.8. The van der Waals surface area contributed by atoms with Gasteiger partial charge in [-0.05, 0) is 85.6 Å². The Hall–Kier alpha value is -4.96. The molecule has 0 aromatic heterocycles. The Kier molecular flexibility index (Phi) is 8.14. The second-order valence-electron chi connectivity index (χ2n) is 8.86. The van der Waals surface area contributed by atoms with Gasteiger partial charge in [-0.25, -0.2) is 0 Å². The summed E-state index contributed by atoms with van der Waals surface area (Å²) in [7, 11) is 0. The zero-order valence-electron chi connectivity index (χ0n) is 21.4. The summed E-state index contributed by atoms with van der Waals surface area (Å²) in [6.45, 7) is 11.5. The van der Waals surface area contributed by atoms with Crippen molar-refractivity contribution in [3.63, 3.8) is 0 Å². The van der Waals surface area contributed by atoms with Crippen LogP contribution in [0.2, 0.25) is 0 Å². The zero-order valence-corrected chi connectivity index (χ0v) is 21.4. The molecule has 0 unspecified atom stereocenters. The molecular weight excluding hydrogens is 472 g/mol. The van der Waals surface area contributed by atoms with Crippen LogP contribution in [0.25, 0.3) is 5.57 Å². The number of aryl methyl sites for hydroxylation is 1. The van der Waals surface area contributed by atoms with E-state index in [0.717, 1.165) is 11.3 Å². The van der Waals surface area contributed by atoms with Crippen LogP contribution in [0.3, 0.4) is 0 Å². The molecule has 0 atom stereocenters. The number of benzene rings is 4. The van der Waals surface area contributed by atoms with E-state index in [2.05, 4.69) is 13.2 Å². The maximum Gasteiger partial charge on any atom is 0.192 e. The first-order valence-electron chi connectivity index (χ1n) is 12.1. The van der Waals surface area contributed by atoms with E-state index < -0.39 is 0 Å². The summed E-state index contributed by atoms with van der Waals surface area (Å²) in [5.41, 5.74) is 4.24. The highest BCUT2D eigenvalue weighted by molar-refractivity contribution is 6.10. The lowest BCUT2D eigenvalue weighted by molar-refractivity contribution is 0.101. The topological polar surface area (TPSA) is 52.6 Å². The highest BCUT2D eigenvalue weighted by Crippen LogP contribution is 2.27. The average molecular weight is 501 g/mol. The van der Waals surface area contributed by atoms with Crippen LogP contribution in [0, 0.1) is 6.92 Å². The van der Waals surface area contributed by atoms with Crippen LogP contribution in [-0.4, -0.2) is 11.6 Å². The molecule has 0 saturated carbocycles. The van der Waals surface area contributed by atoms with E-state index in [1.165, 1.54) is 12.5 Å². The number of ether oxygens (including phenoxy) is 2. The first kappa shape index (κ1) is 26.1. The average Bonchev–Trinajstić information content (AvgIpc) is 2.94. The number of carbonyl (C=O) groups excluding carboxylic acids is 2. The summed E-state index contributed by atoms with van der Waals surface area (Å²) in [6, 6.07) is 29.3. The van der Waals surface area contributed by atoms with Gasteiger partial charge in [0, 0.05) is 16.7 Å². The Balaban J connectivity index is 1.32. The van der Waals surface area contributed by atoms with Gasteiger partial charge in [-0.1, -0.05) is 67.3 Å². The molecule has 0 radical (unpaired) electrons. The van der Waals surface area contributed by atoms with Crippen molar-refractivity contribution in [1.29, 1.82) is 0 Å². The van der Waals surface area contributed by atoms with Crippen molar-refractivity contribution in [2.45, 2.75) is 13.8 Å². The van der Waals surface area contributed by atoms with Crippen molar-refractivity contribution >= 4 is 17.1 Å². The quantitative estimate of drug-likeness (QED) is 0.124. The fourth-order valence-electron chi connectivity index (χ4n) is 3.61. The molecule has 0 aliphatic heterocycles. The predicted molar refractivity (Wildman–Crippen MR) is 152 cm³/mol. The van der Waals surface area contributed by atoms with E-state index in [4.69, 9.17) is 9.47 Å². The molecule has 0 heterocycles. The smallest absolute Gasteiger partial charge is 0.192 e. The van der Waals surface area contributed by atoms with Crippen LogP contribution in [0.4, 0.5) is 0 Å². The summed E-state index contributed by atoms with van der Waals surface area (Å²) < 4.78 is 11.8. The second-order valence-corrected chi connectivity index (χ2v) is 8.86. The lowest BCUT2D eigenvalue weighted by Gasteiger charge is -2.09. The molecule has 0 aliphatic carbocycles. The Morgan fingerprint density at radius 2 is 0.974 bits per heavy atom. The van der Waals surface area contributed by atoms with E-state index in [0.29, 0.717) is 39.5 Å². The Labute approximate surface area is 223 Å². The van der Waals surface area contributed by atoms with E-state index >= 15 is 0 Å². The Morgan fingerprint density at radius 3 is 1.45 bits per heavy atom. The largest absolute Gasteiger partial charge is 0.457 e. The third kappa shape index (κ3) is 6.83. The third-order valence-corrected chi connectivity index (χ3v) is 5.87. The molecule has 0 N–H and O–H groups in total. The normalized spacial score (nSPS) is 10.7. The number of hydrogen-bond donors (Lipinski definition) is 0. The summed E-state index contributed by atoms with van der Waals surface area (Å²) >= 11 is 0. The van der Waals surface area contributed by atoms with Crippen LogP contribution in [-0.2, 0) is 0 Å². The molecule has 0 bridgehead atoms. The van der Waals surface area contributed by atoms with Crippen molar-refractivity contribution in [3.8, 4) is 23.0 Å². The van der Waals surface area contributed by atoms with Gasteiger partial charge >= 0.3 is 0 Å². The summed E-state index contributed by atoms with van der Waals surface area (Å²) in [6.07, 6.45) is 3.39. The van der Waals surface area contributed by atoms with Crippen molar-refractivity contribution in [3.05, 3.63) is 150 Å².